The highest BCUT2D eigenvalue weighted by Crippen LogP contribution is 2.52. The summed E-state index contributed by atoms with van der Waals surface area (Å²) in [5.41, 5.74) is 3.96. The Labute approximate surface area is 330 Å². The van der Waals surface area contributed by atoms with Crippen LogP contribution in [0.1, 0.15) is 29.2 Å². The maximum absolute atomic E-state index is 15.2. The smallest absolute Gasteiger partial charge is 0.416 e. The Morgan fingerprint density at radius 1 is 0.741 bits per heavy atom. The van der Waals surface area contributed by atoms with Gasteiger partial charge in [0.1, 0.15) is 5.76 Å². The van der Waals surface area contributed by atoms with Crippen molar-refractivity contribution in [3.63, 3.8) is 0 Å². The van der Waals surface area contributed by atoms with Crippen LogP contribution in [0, 0.1) is 0 Å². The molecule has 288 valence electrons. The summed E-state index contributed by atoms with van der Waals surface area (Å²) in [5, 5.41) is 0.584. The van der Waals surface area contributed by atoms with Gasteiger partial charge in [-0.15, -0.1) is 0 Å². The van der Waals surface area contributed by atoms with Crippen molar-refractivity contribution in [2.75, 3.05) is 7.11 Å². The molecule has 0 N–H and O–H groups in total. The number of halogens is 6. The van der Waals surface area contributed by atoms with E-state index in [-0.39, 0.29) is 28.3 Å². The SMILES string of the molecule is C=C/C=C(\C=C(/C)C(F)(F)F)n1c(-c2ccccc2)c(C2=C(OC)/C(=C3/C(c4ccccc4)=[N+](c4cccc(C(F)(F)F)c4)c4ccccc43)C2=O)c2ccccc21. The van der Waals surface area contributed by atoms with Crippen LogP contribution in [0.25, 0.3) is 39.0 Å². The van der Waals surface area contributed by atoms with Crippen molar-refractivity contribution in [3.8, 4) is 11.3 Å². The fourth-order valence-corrected chi connectivity index (χ4v) is 7.75. The van der Waals surface area contributed by atoms with Crippen LogP contribution >= 0.6 is 0 Å². The standard InChI is InChI=1S/C48H33F6N2O2/c1-4-16-33(27-29(2)47(49,50)51)55-37-25-13-11-23-35(37)39(43(55)30-17-7-5-8-18-30)41-45(57)42(46(41)58-3)40-36-24-12-14-26-38(36)56(44(40)31-19-9-6-10-20-31)34-22-15-21-32(28-34)48(52,53)54/h4-28H,1H2,2-3H3/q+1/b29-27+,33-16+. The summed E-state index contributed by atoms with van der Waals surface area (Å²) in [6.45, 7) is 4.78. The number of hydrogen-bond acceptors (Lipinski definition) is 2. The second-order valence-corrected chi connectivity index (χ2v) is 13.7. The lowest BCUT2D eigenvalue weighted by Gasteiger charge is -2.27. The number of Topliss-reactive ketones (excluding diaryl/α,β-unsaturated/α-hetero) is 1. The number of benzene rings is 5. The van der Waals surface area contributed by atoms with Crippen LogP contribution in [0.4, 0.5) is 37.7 Å². The van der Waals surface area contributed by atoms with Crippen LogP contribution in [0.15, 0.2) is 175 Å². The summed E-state index contributed by atoms with van der Waals surface area (Å²) in [7, 11) is 1.44. The Balaban J connectivity index is 1.48. The van der Waals surface area contributed by atoms with E-state index in [1.165, 1.54) is 25.3 Å². The molecule has 1 aliphatic heterocycles. The van der Waals surface area contributed by atoms with Crippen LogP contribution in [0.5, 0.6) is 0 Å². The van der Waals surface area contributed by atoms with Gasteiger partial charge < -0.3 is 9.30 Å². The molecule has 2 heterocycles. The summed E-state index contributed by atoms with van der Waals surface area (Å²) < 4.78 is 94.0. The molecule has 0 saturated carbocycles. The topological polar surface area (TPSA) is 34.2 Å². The highest BCUT2D eigenvalue weighted by molar-refractivity contribution is 6.50. The van der Waals surface area contributed by atoms with Gasteiger partial charge in [0.25, 0.3) is 0 Å². The van der Waals surface area contributed by atoms with E-state index in [2.05, 4.69) is 6.58 Å². The summed E-state index contributed by atoms with van der Waals surface area (Å²) in [6, 6.07) is 37.5. The Hall–Kier alpha value is -6.94. The first kappa shape index (κ1) is 38.0. The minimum absolute atomic E-state index is 0.164. The van der Waals surface area contributed by atoms with Crippen LogP contribution < -0.4 is 4.58 Å². The van der Waals surface area contributed by atoms with E-state index in [0.29, 0.717) is 55.8 Å². The molecule has 2 aliphatic rings. The predicted octanol–water partition coefficient (Wildman–Crippen LogP) is 12.6. The van der Waals surface area contributed by atoms with Crippen molar-refractivity contribution in [2.45, 2.75) is 19.3 Å². The second kappa shape index (κ2) is 14.5. The van der Waals surface area contributed by atoms with Crippen LogP contribution in [0.3, 0.4) is 0 Å². The third-order valence-electron chi connectivity index (χ3n) is 10.2. The fourth-order valence-electron chi connectivity index (χ4n) is 7.75. The molecule has 0 amide bonds. The zero-order chi connectivity index (χ0) is 40.9. The molecule has 0 radical (unpaired) electrons. The normalized spacial score (nSPS) is 16.2. The number of rotatable bonds is 8. The van der Waals surface area contributed by atoms with Gasteiger partial charge in [-0.2, -0.15) is 30.9 Å². The Kier molecular flexibility index (Phi) is 9.51. The zero-order valence-electron chi connectivity index (χ0n) is 31.1. The molecule has 58 heavy (non-hydrogen) atoms. The van der Waals surface area contributed by atoms with Gasteiger partial charge in [0.05, 0.1) is 46.2 Å². The molecule has 5 aromatic carbocycles. The summed E-state index contributed by atoms with van der Waals surface area (Å²) in [6.07, 6.45) is -5.28. The number of carbonyl (C=O) groups excluding carboxylic acids is 1. The largest absolute Gasteiger partial charge is 0.495 e. The first-order valence-corrected chi connectivity index (χ1v) is 18.2. The average molecular weight is 784 g/mol. The van der Waals surface area contributed by atoms with Crippen LogP contribution in [-0.4, -0.2) is 29.3 Å². The minimum Gasteiger partial charge on any atom is -0.495 e. The van der Waals surface area contributed by atoms with Crippen LogP contribution in [0.2, 0.25) is 0 Å². The number of allylic oxidation sites excluding steroid dienone is 8. The van der Waals surface area contributed by atoms with E-state index in [4.69, 9.17) is 4.74 Å². The molecule has 0 spiro atoms. The van der Waals surface area contributed by atoms with Crippen LogP contribution in [-0.2, 0) is 15.7 Å². The van der Waals surface area contributed by atoms with Gasteiger partial charge in [0.2, 0.25) is 22.9 Å². The number of fused-ring (bicyclic) bond motifs is 2. The van der Waals surface area contributed by atoms with Crippen molar-refractivity contribution in [1.82, 2.24) is 9.14 Å². The highest BCUT2D eigenvalue weighted by atomic mass is 19.4. The first-order chi connectivity index (χ1) is 27.8. The summed E-state index contributed by atoms with van der Waals surface area (Å²) in [4.78, 5) is 15.2. The van der Waals surface area contributed by atoms with Crippen molar-refractivity contribution < 1.29 is 35.9 Å². The van der Waals surface area contributed by atoms with Gasteiger partial charge in [-0.05, 0) is 55.0 Å². The number of hydrogen-bond donors (Lipinski definition) is 0. The van der Waals surface area contributed by atoms with Crippen molar-refractivity contribution in [3.05, 3.63) is 197 Å². The van der Waals surface area contributed by atoms with E-state index in [1.54, 1.807) is 69.8 Å². The lowest BCUT2D eigenvalue weighted by molar-refractivity contribution is -0.137. The molecule has 8 rings (SSSR count). The lowest BCUT2D eigenvalue weighted by atomic mass is 9.76. The van der Waals surface area contributed by atoms with Crippen molar-refractivity contribution >= 4 is 50.6 Å². The Morgan fingerprint density at radius 2 is 1.38 bits per heavy atom. The molecular weight excluding hydrogens is 751 g/mol. The van der Waals surface area contributed by atoms with Gasteiger partial charge >= 0.3 is 12.4 Å². The van der Waals surface area contributed by atoms with Gasteiger partial charge in [-0.1, -0.05) is 97.6 Å². The van der Waals surface area contributed by atoms with Gasteiger partial charge in [-0.3, -0.25) is 4.79 Å². The molecule has 1 aliphatic carbocycles. The molecule has 0 unspecified atom stereocenters. The minimum atomic E-state index is -4.61. The number of alkyl halides is 6. The van der Waals surface area contributed by atoms with E-state index < -0.39 is 29.3 Å². The van der Waals surface area contributed by atoms with Gasteiger partial charge in [0.15, 0.2) is 0 Å². The van der Waals surface area contributed by atoms with E-state index in [1.807, 2.05) is 54.6 Å². The van der Waals surface area contributed by atoms with E-state index in [9.17, 15) is 26.3 Å². The fraction of sp³-hybridized carbons (Fsp3) is 0.0833. The summed E-state index contributed by atoms with van der Waals surface area (Å²) >= 11 is 0. The number of methoxy groups -OCH3 is 1. The number of carbonyl (C=O) groups is 1. The Bertz CT molecular complexity index is 2820. The van der Waals surface area contributed by atoms with Gasteiger partial charge in [0, 0.05) is 46.0 Å². The molecule has 0 fully saturated rings. The quantitative estimate of drug-likeness (QED) is 0.0667. The third kappa shape index (κ3) is 6.31. The number of ether oxygens (including phenoxy) is 1. The average Bonchev–Trinajstić information content (AvgIpc) is 3.73. The number of para-hydroxylation sites is 2. The molecule has 6 aromatic rings. The van der Waals surface area contributed by atoms with Crippen molar-refractivity contribution in [1.29, 1.82) is 0 Å². The number of aromatic nitrogens is 1. The first-order valence-electron chi connectivity index (χ1n) is 18.2. The number of ketones is 1. The zero-order valence-corrected chi connectivity index (χ0v) is 31.1. The number of nitrogens with zero attached hydrogens (tertiary/aromatic N) is 2. The molecule has 10 heteroatoms. The van der Waals surface area contributed by atoms with Gasteiger partial charge in [-0.25, -0.2) is 0 Å². The maximum atomic E-state index is 15.2. The molecule has 0 bridgehead atoms. The highest BCUT2D eigenvalue weighted by Gasteiger charge is 2.48. The third-order valence-corrected chi connectivity index (χ3v) is 10.2. The summed E-state index contributed by atoms with van der Waals surface area (Å²) in [5.74, 6) is -0.178. The maximum Gasteiger partial charge on any atom is 0.416 e. The monoisotopic (exact) mass is 783 g/mol. The van der Waals surface area contributed by atoms with E-state index >= 15 is 4.79 Å². The van der Waals surface area contributed by atoms with Crippen molar-refractivity contribution in [2.24, 2.45) is 0 Å². The predicted molar refractivity (Wildman–Crippen MR) is 217 cm³/mol. The molecule has 0 saturated heterocycles. The second-order valence-electron chi connectivity index (χ2n) is 13.7. The lowest BCUT2D eigenvalue weighted by Crippen LogP contribution is -2.27. The molecule has 0 atom stereocenters. The van der Waals surface area contributed by atoms with E-state index in [0.717, 1.165) is 25.1 Å². The Morgan fingerprint density at radius 3 is 2.03 bits per heavy atom. The molecule has 4 nitrogen and oxygen atoms in total. The molecule has 1 aromatic heterocycles. The molecular formula is C48H33F6N2O2+.